The molecule has 2 atom stereocenters. The molecule has 116 valence electrons. The van der Waals surface area contributed by atoms with Crippen molar-refractivity contribution in [2.24, 2.45) is 5.73 Å². The molecular formula is C18H22N2O2. The summed E-state index contributed by atoms with van der Waals surface area (Å²) in [5, 5.41) is 3.18. The quantitative estimate of drug-likeness (QED) is 0.825. The first-order valence-electron chi connectivity index (χ1n) is 7.38. The third-order valence-electron chi connectivity index (χ3n) is 3.45. The lowest BCUT2D eigenvalue weighted by Crippen LogP contribution is -2.38. The highest BCUT2D eigenvalue weighted by atomic mass is 16.5. The van der Waals surface area contributed by atoms with E-state index in [0.717, 1.165) is 16.9 Å². The fourth-order valence-electron chi connectivity index (χ4n) is 2.26. The lowest BCUT2D eigenvalue weighted by Gasteiger charge is -2.21. The van der Waals surface area contributed by atoms with Gasteiger partial charge in [0, 0.05) is 6.54 Å². The van der Waals surface area contributed by atoms with Gasteiger partial charge in [0.25, 0.3) is 0 Å². The number of nitrogens with two attached hydrogens (primary N) is 1. The fourth-order valence-corrected chi connectivity index (χ4v) is 2.26. The van der Waals surface area contributed by atoms with Crippen LogP contribution in [-0.2, 0) is 4.79 Å². The number of ether oxygens (including phenoxy) is 1. The SMILES string of the molecule is Cc1ccccc1O[C@H](C)CN[C@@H](C(N)=O)c1ccccc1. The van der Waals surface area contributed by atoms with Crippen molar-refractivity contribution >= 4 is 5.91 Å². The predicted molar refractivity (Wildman–Crippen MR) is 87.6 cm³/mol. The van der Waals surface area contributed by atoms with Crippen LogP contribution in [0.3, 0.4) is 0 Å². The van der Waals surface area contributed by atoms with Gasteiger partial charge in [-0.3, -0.25) is 10.1 Å². The summed E-state index contributed by atoms with van der Waals surface area (Å²) in [6.07, 6.45) is -0.0772. The molecule has 0 heterocycles. The second-order valence-corrected chi connectivity index (χ2v) is 5.35. The highest BCUT2D eigenvalue weighted by Crippen LogP contribution is 2.18. The summed E-state index contributed by atoms with van der Waals surface area (Å²) < 4.78 is 5.90. The van der Waals surface area contributed by atoms with Crippen LogP contribution in [0.1, 0.15) is 24.1 Å². The predicted octanol–water partition coefficient (Wildman–Crippen LogP) is 2.58. The number of amides is 1. The highest BCUT2D eigenvalue weighted by molar-refractivity contribution is 5.81. The van der Waals surface area contributed by atoms with E-state index < -0.39 is 11.9 Å². The van der Waals surface area contributed by atoms with Gasteiger partial charge in [-0.1, -0.05) is 48.5 Å². The van der Waals surface area contributed by atoms with E-state index in [0.29, 0.717) is 6.54 Å². The number of primary amides is 1. The van der Waals surface area contributed by atoms with Crippen LogP contribution in [0, 0.1) is 6.92 Å². The Labute approximate surface area is 131 Å². The molecule has 1 amide bonds. The topological polar surface area (TPSA) is 64.3 Å². The third kappa shape index (κ3) is 4.33. The molecule has 0 bridgehead atoms. The molecule has 0 fully saturated rings. The molecule has 0 saturated heterocycles. The Kier molecular flexibility index (Phi) is 5.55. The molecule has 0 aliphatic rings. The van der Waals surface area contributed by atoms with Crippen LogP contribution in [0.4, 0.5) is 0 Å². The van der Waals surface area contributed by atoms with Gasteiger partial charge < -0.3 is 10.5 Å². The summed E-state index contributed by atoms with van der Waals surface area (Å²) in [5.41, 5.74) is 7.44. The first-order valence-corrected chi connectivity index (χ1v) is 7.38. The monoisotopic (exact) mass is 298 g/mol. The van der Waals surface area contributed by atoms with Crippen LogP contribution in [0.5, 0.6) is 5.75 Å². The van der Waals surface area contributed by atoms with Crippen LogP contribution in [-0.4, -0.2) is 18.6 Å². The van der Waals surface area contributed by atoms with Gasteiger partial charge in [-0.2, -0.15) is 0 Å². The molecule has 3 N–H and O–H groups in total. The van der Waals surface area contributed by atoms with Crippen molar-refractivity contribution in [1.29, 1.82) is 0 Å². The maximum absolute atomic E-state index is 11.6. The van der Waals surface area contributed by atoms with Crippen molar-refractivity contribution in [3.63, 3.8) is 0 Å². The summed E-state index contributed by atoms with van der Waals surface area (Å²) >= 11 is 0. The molecule has 0 aliphatic carbocycles. The van der Waals surface area contributed by atoms with E-state index in [4.69, 9.17) is 10.5 Å². The maximum Gasteiger partial charge on any atom is 0.239 e. The van der Waals surface area contributed by atoms with Crippen LogP contribution in [0.15, 0.2) is 54.6 Å². The van der Waals surface area contributed by atoms with E-state index in [1.165, 1.54) is 0 Å². The number of hydrogen-bond acceptors (Lipinski definition) is 3. The van der Waals surface area contributed by atoms with E-state index in [2.05, 4.69) is 5.32 Å². The zero-order valence-electron chi connectivity index (χ0n) is 13.0. The summed E-state index contributed by atoms with van der Waals surface area (Å²) in [5.74, 6) is 0.460. The zero-order valence-corrected chi connectivity index (χ0v) is 13.0. The Morgan fingerprint density at radius 3 is 2.41 bits per heavy atom. The molecule has 4 heteroatoms. The number of hydrogen-bond donors (Lipinski definition) is 2. The normalized spacial score (nSPS) is 13.4. The van der Waals surface area contributed by atoms with E-state index in [1.54, 1.807) is 0 Å². The Bertz CT molecular complexity index is 613. The van der Waals surface area contributed by atoms with Crippen LogP contribution in [0.2, 0.25) is 0 Å². The number of carbonyl (C=O) groups is 1. The molecule has 2 rings (SSSR count). The van der Waals surface area contributed by atoms with Crippen molar-refractivity contribution in [2.75, 3.05) is 6.54 Å². The van der Waals surface area contributed by atoms with Gasteiger partial charge in [-0.05, 0) is 31.0 Å². The number of rotatable bonds is 7. The molecule has 22 heavy (non-hydrogen) atoms. The summed E-state index contributed by atoms with van der Waals surface area (Å²) in [4.78, 5) is 11.6. The first-order chi connectivity index (χ1) is 10.6. The Balaban J connectivity index is 1.95. The smallest absolute Gasteiger partial charge is 0.239 e. The summed E-state index contributed by atoms with van der Waals surface area (Å²) in [6, 6.07) is 16.8. The fraction of sp³-hybridized carbons (Fsp3) is 0.278. The van der Waals surface area contributed by atoms with Crippen LogP contribution < -0.4 is 15.8 Å². The van der Waals surface area contributed by atoms with Gasteiger partial charge in [-0.15, -0.1) is 0 Å². The van der Waals surface area contributed by atoms with Gasteiger partial charge in [0.05, 0.1) is 0 Å². The Hall–Kier alpha value is -2.33. The molecule has 2 aromatic rings. The zero-order chi connectivity index (χ0) is 15.9. The average Bonchev–Trinajstić information content (AvgIpc) is 2.50. The first kappa shape index (κ1) is 16.0. The number of para-hydroxylation sites is 1. The second-order valence-electron chi connectivity index (χ2n) is 5.35. The summed E-state index contributed by atoms with van der Waals surface area (Å²) in [6.45, 7) is 4.49. The minimum atomic E-state index is -0.510. The van der Waals surface area contributed by atoms with E-state index >= 15 is 0 Å². The minimum absolute atomic E-state index is 0.0772. The number of benzene rings is 2. The van der Waals surface area contributed by atoms with Crippen molar-refractivity contribution in [2.45, 2.75) is 26.0 Å². The molecule has 0 spiro atoms. The molecule has 0 aliphatic heterocycles. The standard InChI is InChI=1S/C18H22N2O2/c1-13-8-6-7-11-16(13)22-14(2)12-20-17(18(19)21)15-9-4-3-5-10-15/h3-11,14,17,20H,12H2,1-2H3,(H2,19,21)/t14-,17-/m1/s1. The summed E-state index contributed by atoms with van der Waals surface area (Å²) in [7, 11) is 0. The molecule has 0 radical (unpaired) electrons. The molecule has 4 nitrogen and oxygen atoms in total. The third-order valence-corrected chi connectivity index (χ3v) is 3.45. The van der Waals surface area contributed by atoms with E-state index in [9.17, 15) is 4.79 Å². The molecule has 0 unspecified atom stereocenters. The number of nitrogens with one attached hydrogen (secondary N) is 1. The molecule has 0 aromatic heterocycles. The Morgan fingerprint density at radius 1 is 1.14 bits per heavy atom. The van der Waals surface area contributed by atoms with Gasteiger partial charge in [0.1, 0.15) is 17.9 Å². The van der Waals surface area contributed by atoms with Gasteiger partial charge in [0.2, 0.25) is 5.91 Å². The maximum atomic E-state index is 11.6. The highest BCUT2D eigenvalue weighted by Gasteiger charge is 2.18. The van der Waals surface area contributed by atoms with Crippen molar-refractivity contribution in [3.8, 4) is 5.75 Å². The lowest BCUT2D eigenvalue weighted by molar-refractivity contribution is -0.120. The second kappa shape index (κ2) is 7.61. The Morgan fingerprint density at radius 2 is 1.77 bits per heavy atom. The minimum Gasteiger partial charge on any atom is -0.489 e. The molecule has 0 saturated carbocycles. The largest absolute Gasteiger partial charge is 0.489 e. The van der Waals surface area contributed by atoms with Gasteiger partial charge in [0.15, 0.2) is 0 Å². The molecule has 2 aromatic carbocycles. The van der Waals surface area contributed by atoms with Gasteiger partial charge >= 0.3 is 0 Å². The molecular weight excluding hydrogens is 276 g/mol. The number of carbonyl (C=O) groups excluding carboxylic acids is 1. The van der Waals surface area contributed by atoms with E-state index in [1.807, 2.05) is 68.4 Å². The van der Waals surface area contributed by atoms with Crippen molar-refractivity contribution in [3.05, 3.63) is 65.7 Å². The van der Waals surface area contributed by atoms with Crippen LogP contribution in [0.25, 0.3) is 0 Å². The average molecular weight is 298 g/mol. The van der Waals surface area contributed by atoms with E-state index in [-0.39, 0.29) is 6.10 Å². The lowest BCUT2D eigenvalue weighted by atomic mass is 10.1. The number of aryl methyl sites for hydroxylation is 1. The van der Waals surface area contributed by atoms with Crippen molar-refractivity contribution in [1.82, 2.24) is 5.32 Å². The van der Waals surface area contributed by atoms with Crippen LogP contribution >= 0.6 is 0 Å². The van der Waals surface area contributed by atoms with Crippen molar-refractivity contribution < 1.29 is 9.53 Å². The van der Waals surface area contributed by atoms with Gasteiger partial charge in [-0.25, -0.2) is 0 Å².